The Morgan fingerprint density at radius 2 is 1.55 bits per heavy atom. The fourth-order valence-electron chi connectivity index (χ4n) is 1.89. The van der Waals surface area contributed by atoms with Crippen molar-refractivity contribution in [3.05, 3.63) is 69.2 Å². The molecule has 0 heterocycles. The Morgan fingerprint density at radius 1 is 0.950 bits per heavy atom. The molecule has 0 fully saturated rings. The van der Waals surface area contributed by atoms with E-state index >= 15 is 0 Å². The van der Waals surface area contributed by atoms with Crippen LogP contribution in [0, 0.1) is 0 Å². The van der Waals surface area contributed by atoms with Crippen LogP contribution in [-0.4, -0.2) is 5.11 Å². The van der Waals surface area contributed by atoms with Gasteiger partial charge in [0.05, 0.1) is 6.10 Å². The fourth-order valence-corrected chi connectivity index (χ4v) is 2.28. The van der Waals surface area contributed by atoms with Crippen LogP contribution >= 0.6 is 23.2 Å². The minimum absolute atomic E-state index is 0.0678. The maximum absolute atomic E-state index is 12.4. The highest BCUT2D eigenvalue weighted by molar-refractivity contribution is 6.33. The molecule has 0 bridgehead atoms. The molecular weight excluding hydrogens is 305 g/mol. The standard InChI is InChI=1S/C15H12Cl2F2O/c16-12-5-6-13(17)11(7-12)8-14(20)9-1-3-10(4-2-9)15(18)19/h1-7,14-15,20H,8H2. The fraction of sp³-hybridized carbons (Fsp3) is 0.200. The van der Waals surface area contributed by atoms with Crippen LogP contribution in [0.4, 0.5) is 8.78 Å². The van der Waals surface area contributed by atoms with E-state index < -0.39 is 12.5 Å². The summed E-state index contributed by atoms with van der Waals surface area (Å²) < 4.78 is 24.9. The molecule has 0 saturated carbocycles. The molecule has 0 spiro atoms. The zero-order valence-electron chi connectivity index (χ0n) is 10.4. The first kappa shape index (κ1) is 15.2. The lowest BCUT2D eigenvalue weighted by Crippen LogP contribution is -2.02. The smallest absolute Gasteiger partial charge is 0.263 e. The molecule has 2 aromatic carbocycles. The quantitative estimate of drug-likeness (QED) is 0.821. The van der Waals surface area contributed by atoms with E-state index in [1.54, 1.807) is 18.2 Å². The molecule has 1 N–H and O–H groups in total. The average molecular weight is 317 g/mol. The Labute approximate surface area is 125 Å². The molecule has 1 atom stereocenters. The van der Waals surface area contributed by atoms with Crippen LogP contribution in [0.15, 0.2) is 42.5 Å². The zero-order chi connectivity index (χ0) is 14.7. The minimum atomic E-state index is -2.51. The van der Waals surface area contributed by atoms with Gasteiger partial charge in [-0.3, -0.25) is 0 Å². The SMILES string of the molecule is OC(Cc1cc(Cl)ccc1Cl)c1ccc(C(F)F)cc1. The summed E-state index contributed by atoms with van der Waals surface area (Å²) in [6, 6.07) is 10.6. The number of aliphatic hydroxyl groups is 1. The van der Waals surface area contributed by atoms with Gasteiger partial charge in [-0.25, -0.2) is 8.78 Å². The highest BCUT2D eigenvalue weighted by atomic mass is 35.5. The minimum Gasteiger partial charge on any atom is -0.388 e. The molecule has 0 aliphatic carbocycles. The van der Waals surface area contributed by atoms with Gasteiger partial charge in [0.15, 0.2) is 0 Å². The van der Waals surface area contributed by atoms with Crippen LogP contribution in [0.1, 0.15) is 29.2 Å². The summed E-state index contributed by atoms with van der Waals surface area (Å²) in [4.78, 5) is 0. The number of rotatable bonds is 4. The van der Waals surface area contributed by atoms with Crippen molar-refractivity contribution in [3.8, 4) is 0 Å². The lowest BCUT2D eigenvalue weighted by Gasteiger charge is -2.13. The molecule has 0 radical (unpaired) electrons. The van der Waals surface area contributed by atoms with Crippen LogP contribution in [0.3, 0.4) is 0 Å². The van der Waals surface area contributed by atoms with E-state index in [1.807, 2.05) is 0 Å². The summed E-state index contributed by atoms with van der Waals surface area (Å²) in [5, 5.41) is 11.2. The summed E-state index contributed by atoms with van der Waals surface area (Å²) in [6.07, 6.45) is -3.06. The van der Waals surface area contributed by atoms with Gasteiger partial charge in [0, 0.05) is 22.0 Å². The predicted octanol–water partition coefficient (Wildman–Crippen LogP) is 5.21. The molecule has 106 valence electrons. The van der Waals surface area contributed by atoms with Gasteiger partial charge in [0.25, 0.3) is 6.43 Å². The first-order valence-corrected chi connectivity index (χ1v) is 6.73. The first-order chi connectivity index (χ1) is 9.47. The Balaban J connectivity index is 2.15. The van der Waals surface area contributed by atoms with Crippen molar-refractivity contribution >= 4 is 23.2 Å². The van der Waals surface area contributed by atoms with Gasteiger partial charge in [-0.15, -0.1) is 0 Å². The highest BCUT2D eigenvalue weighted by Crippen LogP contribution is 2.27. The van der Waals surface area contributed by atoms with Crippen LogP contribution in [-0.2, 0) is 6.42 Å². The molecule has 1 unspecified atom stereocenters. The second-order valence-electron chi connectivity index (χ2n) is 4.42. The molecular formula is C15H12Cl2F2O. The predicted molar refractivity (Wildman–Crippen MR) is 76.5 cm³/mol. The second-order valence-corrected chi connectivity index (χ2v) is 5.27. The van der Waals surface area contributed by atoms with Crippen LogP contribution in [0.5, 0.6) is 0 Å². The van der Waals surface area contributed by atoms with Crippen molar-refractivity contribution in [2.75, 3.05) is 0 Å². The van der Waals surface area contributed by atoms with Crippen LogP contribution in [0.2, 0.25) is 10.0 Å². The summed E-state index contributed by atoms with van der Waals surface area (Å²) >= 11 is 11.9. The molecule has 2 rings (SSSR count). The van der Waals surface area contributed by atoms with Gasteiger partial charge in [0.2, 0.25) is 0 Å². The summed E-state index contributed by atoms with van der Waals surface area (Å²) in [5.74, 6) is 0. The first-order valence-electron chi connectivity index (χ1n) is 5.97. The Hall–Kier alpha value is -1.16. The van der Waals surface area contributed by atoms with E-state index in [2.05, 4.69) is 0 Å². The maximum atomic E-state index is 12.4. The van der Waals surface area contributed by atoms with E-state index in [1.165, 1.54) is 24.3 Å². The lowest BCUT2D eigenvalue weighted by atomic mass is 10.0. The summed E-state index contributed by atoms with van der Waals surface area (Å²) in [7, 11) is 0. The monoisotopic (exact) mass is 316 g/mol. The van der Waals surface area contributed by atoms with E-state index in [4.69, 9.17) is 23.2 Å². The van der Waals surface area contributed by atoms with Crippen molar-refractivity contribution in [1.29, 1.82) is 0 Å². The van der Waals surface area contributed by atoms with Gasteiger partial charge >= 0.3 is 0 Å². The molecule has 2 aromatic rings. The highest BCUT2D eigenvalue weighted by Gasteiger charge is 2.13. The number of benzene rings is 2. The molecule has 0 amide bonds. The molecule has 0 aromatic heterocycles. The van der Waals surface area contributed by atoms with Crippen molar-refractivity contribution in [2.45, 2.75) is 19.0 Å². The second kappa shape index (κ2) is 6.53. The normalized spacial score (nSPS) is 12.7. The largest absolute Gasteiger partial charge is 0.388 e. The Kier molecular flexibility index (Phi) is 4.97. The zero-order valence-corrected chi connectivity index (χ0v) is 11.9. The molecule has 0 saturated heterocycles. The molecule has 0 aliphatic rings. The number of alkyl halides is 2. The molecule has 0 aliphatic heterocycles. The lowest BCUT2D eigenvalue weighted by molar-refractivity contribution is 0.151. The maximum Gasteiger partial charge on any atom is 0.263 e. The Bertz CT molecular complexity index is 585. The van der Waals surface area contributed by atoms with Crippen molar-refractivity contribution in [1.82, 2.24) is 0 Å². The van der Waals surface area contributed by atoms with E-state index in [0.29, 0.717) is 21.2 Å². The third-order valence-electron chi connectivity index (χ3n) is 2.99. The van der Waals surface area contributed by atoms with Crippen LogP contribution < -0.4 is 0 Å². The van der Waals surface area contributed by atoms with Crippen molar-refractivity contribution < 1.29 is 13.9 Å². The van der Waals surface area contributed by atoms with Gasteiger partial charge in [-0.1, -0.05) is 47.5 Å². The third-order valence-corrected chi connectivity index (χ3v) is 3.60. The number of hydrogen-bond acceptors (Lipinski definition) is 1. The number of halogens is 4. The number of aliphatic hydroxyl groups excluding tert-OH is 1. The van der Waals surface area contributed by atoms with Gasteiger partial charge in [-0.05, 0) is 29.3 Å². The molecule has 20 heavy (non-hydrogen) atoms. The average Bonchev–Trinajstić information content (AvgIpc) is 2.43. The van der Waals surface area contributed by atoms with Crippen molar-refractivity contribution in [3.63, 3.8) is 0 Å². The van der Waals surface area contributed by atoms with E-state index in [0.717, 1.165) is 0 Å². The van der Waals surface area contributed by atoms with Crippen LogP contribution in [0.25, 0.3) is 0 Å². The Morgan fingerprint density at radius 3 is 2.15 bits per heavy atom. The van der Waals surface area contributed by atoms with E-state index in [9.17, 15) is 13.9 Å². The topological polar surface area (TPSA) is 20.2 Å². The summed E-state index contributed by atoms with van der Waals surface area (Å²) in [6.45, 7) is 0. The van der Waals surface area contributed by atoms with E-state index in [-0.39, 0.29) is 12.0 Å². The summed E-state index contributed by atoms with van der Waals surface area (Å²) in [5.41, 5.74) is 1.21. The molecule has 1 nitrogen and oxygen atoms in total. The molecule has 5 heteroatoms. The van der Waals surface area contributed by atoms with Gasteiger partial charge in [0.1, 0.15) is 0 Å². The van der Waals surface area contributed by atoms with Gasteiger partial charge in [-0.2, -0.15) is 0 Å². The number of hydrogen-bond donors (Lipinski definition) is 1. The van der Waals surface area contributed by atoms with Gasteiger partial charge < -0.3 is 5.11 Å². The van der Waals surface area contributed by atoms with Crippen molar-refractivity contribution in [2.24, 2.45) is 0 Å². The third kappa shape index (κ3) is 3.69.